The van der Waals surface area contributed by atoms with Crippen LogP contribution in [0.15, 0.2) is 36.8 Å². The third kappa shape index (κ3) is 2.56. The molecule has 1 aliphatic heterocycles. The van der Waals surface area contributed by atoms with Crippen molar-refractivity contribution >= 4 is 17.7 Å². The van der Waals surface area contributed by atoms with Crippen molar-refractivity contribution in [1.82, 2.24) is 19.7 Å². The minimum atomic E-state index is -0.000229. The molecule has 0 N–H and O–H groups in total. The van der Waals surface area contributed by atoms with Crippen LogP contribution < -0.4 is 0 Å². The van der Waals surface area contributed by atoms with Crippen molar-refractivity contribution in [2.24, 2.45) is 7.05 Å². The largest absolute Gasteiger partial charge is 0.328 e. The van der Waals surface area contributed by atoms with Gasteiger partial charge in [-0.3, -0.25) is 14.5 Å². The van der Waals surface area contributed by atoms with E-state index in [-0.39, 0.29) is 11.9 Å². The summed E-state index contributed by atoms with van der Waals surface area (Å²) in [7, 11) is 1.89. The lowest BCUT2D eigenvalue weighted by Gasteiger charge is -2.34. The Labute approximate surface area is 122 Å². The first-order valence-electron chi connectivity index (χ1n) is 6.54. The van der Waals surface area contributed by atoms with Crippen molar-refractivity contribution < 1.29 is 4.79 Å². The van der Waals surface area contributed by atoms with Crippen LogP contribution in [0.1, 0.15) is 22.1 Å². The number of pyridine rings is 1. The van der Waals surface area contributed by atoms with Gasteiger partial charge in [-0.1, -0.05) is 6.07 Å². The van der Waals surface area contributed by atoms with E-state index in [0.29, 0.717) is 5.69 Å². The van der Waals surface area contributed by atoms with Gasteiger partial charge in [0.15, 0.2) is 0 Å². The highest BCUT2D eigenvalue weighted by Crippen LogP contribution is 2.30. The number of hydrogen-bond donors (Lipinski definition) is 0. The first-order valence-corrected chi connectivity index (χ1v) is 7.69. The van der Waals surface area contributed by atoms with Crippen LogP contribution in [0.25, 0.3) is 0 Å². The Hall–Kier alpha value is -1.82. The highest BCUT2D eigenvalue weighted by molar-refractivity contribution is 7.99. The first kappa shape index (κ1) is 13.2. The zero-order valence-electron chi connectivity index (χ0n) is 11.3. The summed E-state index contributed by atoms with van der Waals surface area (Å²) in [6.07, 6.45) is 5.48. The molecule has 3 rings (SSSR count). The smallest absolute Gasteiger partial charge is 0.273 e. The molecule has 0 aromatic carbocycles. The molecule has 104 valence electrons. The van der Waals surface area contributed by atoms with Crippen LogP contribution in [-0.4, -0.2) is 43.6 Å². The zero-order chi connectivity index (χ0) is 13.9. The summed E-state index contributed by atoms with van der Waals surface area (Å²) in [5, 5.41) is 4.21. The molecular formula is C14H16N4OS. The molecule has 5 nitrogen and oxygen atoms in total. The predicted octanol–water partition coefficient (Wildman–Crippen LogP) is 1.75. The van der Waals surface area contributed by atoms with Gasteiger partial charge in [0, 0.05) is 43.1 Å². The Balaban J connectivity index is 1.87. The van der Waals surface area contributed by atoms with Gasteiger partial charge in [-0.25, -0.2) is 0 Å². The maximum atomic E-state index is 12.6. The minimum absolute atomic E-state index is 0.000229. The van der Waals surface area contributed by atoms with Gasteiger partial charge in [-0.2, -0.15) is 16.9 Å². The van der Waals surface area contributed by atoms with Crippen LogP contribution in [0.3, 0.4) is 0 Å². The van der Waals surface area contributed by atoms with E-state index < -0.39 is 0 Å². The second-order valence-electron chi connectivity index (χ2n) is 4.75. The van der Waals surface area contributed by atoms with E-state index in [1.54, 1.807) is 16.9 Å². The lowest BCUT2D eigenvalue weighted by atomic mass is 10.1. The van der Waals surface area contributed by atoms with E-state index in [1.807, 2.05) is 48.2 Å². The molecule has 20 heavy (non-hydrogen) atoms. The van der Waals surface area contributed by atoms with Gasteiger partial charge in [0.2, 0.25) is 0 Å². The fraction of sp³-hybridized carbons (Fsp3) is 0.357. The molecule has 1 amide bonds. The Morgan fingerprint density at radius 2 is 2.35 bits per heavy atom. The standard InChI is InChI=1S/C14H16N4OS/c1-17-9-11(8-16-17)13-10-20-7-6-18(13)14(19)12-4-2-3-5-15-12/h2-5,8-9,13H,6-7,10H2,1H3. The maximum Gasteiger partial charge on any atom is 0.273 e. The third-order valence-corrected chi connectivity index (χ3v) is 4.41. The van der Waals surface area contributed by atoms with Gasteiger partial charge in [0.25, 0.3) is 5.91 Å². The second kappa shape index (κ2) is 5.66. The lowest BCUT2D eigenvalue weighted by Crippen LogP contribution is -2.41. The van der Waals surface area contributed by atoms with Gasteiger partial charge in [0.1, 0.15) is 5.69 Å². The van der Waals surface area contributed by atoms with Crippen molar-refractivity contribution in [2.45, 2.75) is 6.04 Å². The lowest BCUT2D eigenvalue weighted by molar-refractivity contribution is 0.0695. The molecule has 0 saturated carbocycles. The monoisotopic (exact) mass is 288 g/mol. The van der Waals surface area contributed by atoms with Crippen LogP contribution in [0, 0.1) is 0 Å². The Morgan fingerprint density at radius 3 is 3.05 bits per heavy atom. The van der Waals surface area contributed by atoms with Crippen molar-refractivity contribution in [1.29, 1.82) is 0 Å². The summed E-state index contributed by atoms with van der Waals surface area (Å²) in [4.78, 5) is 18.7. The summed E-state index contributed by atoms with van der Waals surface area (Å²) in [6, 6.07) is 5.51. The average molecular weight is 288 g/mol. The summed E-state index contributed by atoms with van der Waals surface area (Å²) in [5.74, 6) is 1.87. The minimum Gasteiger partial charge on any atom is -0.328 e. The van der Waals surface area contributed by atoms with Crippen LogP contribution in [0.2, 0.25) is 0 Å². The van der Waals surface area contributed by atoms with Gasteiger partial charge in [-0.05, 0) is 12.1 Å². The van der Waals surface area contributed by atoms with Crippen LogP contribution in [0.5, 0.6) is 0 Å². The average Bonchev–Trinajstić information content (AvgIpc) is 2.94. The SMILES string of the molecule is Cn1cc(C2CSCCN2C(=O)c2ccccn2)cn1. The van der Waals surface area contributed by atoms with Crippen molar-refractivity contribution in [3.05, 3.63) is 48.0 Å². The Kier molecular flexibility index (Phi) is 3.73. The maximum absolute atomic E-state index is 12.6. The fourth-order valence-electron chi connectivity index (χ4n) is 2.37. The molecule has 1 atom stereocenters. The number of amides is 1. The second-order valence-corrected chi connectivity index (χ2v) is 5.90. The van der Waals surface area contributed by atoms with E-state index in [9.17, 15) is 4.79 Å². The van der Waals surface area contributed by atoms with E-state index >= 15 is 0 Å². The van der Waals surface area contributed by atoms with Gasteiger partial charge >= 0.3 is 0 Å². The van der Waals surface area contributed by atoms with Gasteiger partial charge in [0.05, 0.1) is 12.2 Å². The first-order chi connectivity index (χ1) is 9.75. The molecule has 2 aromatic rings. The van der Waals surface area contributed by atoms with Crippen molar-refractivity contribution in [3.8, 4) is 0 Å². The van der Waals surface area contributed by atoms with Gasteiger partial charge in [-0.15, -0.1) is 0 Å². The normalized spacial score (nSPS) is 19.1. The molecule has 1 aliphatic rings. The molecule has 0 aliphatic carbocycles. The van der Waals surface area contributed by atoms with E-state index in [2.05, 4.69) is 10.1 Å². The van der Waals surface area contributed by atoms with E-state index in [1.165, 1.54) is 0 Å². The number of carbonyl (C=O) groups excluding carboxylic acids is 1. The number of thioether (sulfide) groups is 1. The van der Waals surface area contributed by atoms with Crippen molar-refractivity contribution in [2.75, 3.05) is 18.1 Å². The molecule has 0 radical (unpaired) electrons. The number of rotatable bonds is 2. The van der Waals surface area contributed by atoms with Crippen LogP contribution in [0.4, 0.5) is 0 Å². The summed E-state index contributed by atoms with van der Waals surface area (Å²) < 4.78 is 1.78. The molecule has 3 heterocycles. The van der Waals surface area contributed by atoms with Crippen LogP contribution in [-0.2, 0) is 7.05 Å². The summed E-state index contributed by atoms with van der Waals surface area (Å²) in [6.45, 7) is 0.750. The number of carbonyl (C=O) groups is 1. The number of nitrogens with zero attached hydrogens (tertiary/aromatic N) is 4. The molecule has 1 fully saturated rings. The summed E-state index contributed by atoms with van der Waals surface area (Å²) in [5.41, 5.74) is 1.59. The fourth-order valence-corrected chi connectivity index (χ4v) is 3.46. The summed E-state index contributed by atoms with van der Waals surface area (Å²) >= 11 is 1.87. The Bertz CT molecular complexity index is 598. The molecule has 0 bridgehead atoms. The molecule has 1 unspecified atom stereocenters. The highest BCUT2D eigenvalue weighted by Gasteiger charge is 2.30. The number of hydrogen-bond acceptors (Lipinski definition) is 4. The van der Waals surface area contributed by atoms with Gasteiger partial charge < -0.3 is 4.90 Å². The number of aryl methyl sites for hydroxylation is 1. The van der Waals surface area contributed by atoms with E-state index in [4.69, 9.17) is 0 Å². The van der Waals surface area contributed by atoms with Crippen molar-refractivity contribution in [3.63, 3.8) is 0 Å². The Morgan fingerprint density at radius 1 is 1.45 bits per heavy atom. The molecule has 6 heteroatoms. The van der Waals surface area contributed by atoms with E-state index in [0.717, 1.165) is 23.6 Å². The number of aromatic nitrogens is 3. The molecule has 2 aromatic heterocycles. The molecular weight excluding hydrogens is 272 g/mol. The molecule has 0 spiro atoms. The predicted molar refractivity (Wildman–Crippen MR) is 78.5 cm³/mol. The quantitative estimate of drug-likeness (QED) is 0.845. The topological polar surface area (TPSA) is 51.0 Å². The third-order valence-electron chi connectivity index (χ3n) is 3.38. The highest BCUT2D eigenvalue weighted by atomic mass is 32.2. The van der Waals surface area contributed by atoms with Crippen LogP contribution >= 0.6 is 11.8 Å². The molecule has 1 saturated heterocycles. The zero-order valence-corrected chi connectivity index (χ0v) is 12.1.